The molecule has 2 aliphatic rings. The number of carbonyl (C=O) groups is 2. The Hall–Kier alpha value is -1.06. The van der Waals surface area contributed by atoms with E-state index >= 15 is 0 Å². The number of hydrogen-bond donors (Lipinski definition) is 1. The lowest BCUT2D eigenvalue weighted by Crippen LogP contribution is -2.63. The van der Waals surface area contributed by atoms with E-state index < -0.39 is 0 Å². The Balaban J connectivity index is 2.19. The molecule has 1 aliphatic carbocycles. The van der Waals surface area contributed by atoms with Gasteiger partial charge in [0.2, 0.25) is 11.8 Å². The van der Waals surface area contributed by atoms with E-state index in [-0.39, 0.29) is 36.4 Å². The third-order valence-electron chi connectivity index (χ3n) is 4.42. The van der Waals surface area contributed by atoms with Gasteiger partial charge in [0, 0.05) is 6.04 Å². The molecule has 4 nitrogen and oxygen atoms in total. The largest absolute Gasteiger partial charge is 0.345 e. The van der Waals surface area contributed by atoms with Gasteiger partial charge in [0.25, 0.3) is 0 Å². The minimum absolute atomic E-state index is 0.00875. The third-order valence-corrected chi connectivity index (χ3v) is 4.42. The number of hydrogen-bond acceptors (Lipinski definition) is 2. The molecule has 4 heteroatoms. The Bertz CT molecular complexity index is 335. The first-order valence-corrected chi connectivity index (χ1v) is 7.11. The normalized spacial score (nSPS) is 27.8. The molecule has 1 saturated carbocycles. The summed E-state index contributed by atoms with van der Waals surface area (Å²) in [5.41, 5.74) is 0. The first-order valence-electron chi connectivity index (χ1n) is 7.11. The van der Waals surface area contributed by atoms with Crippen molar-refractivity contribution in [1.82, 2.24) is 10.2 Å². The van der Waals surface area contributed by atoms with E-state index in [4.69, 9.17) is 0 Å². The minimum Gasteiger partial charge on any atom is -0.345 e. The van der Waals surface area contributed by atoms with Crippen molar-refractivity contribution in [3.63, 3.8) is 0 Å². The van der Waals surface area contributed by atoms with Crippen LogP contribution in [0.5, 0.6) is 0 Å². The molecule has 0 aromatic heterocycles. The summed E-state index contributed by atoms with van der Waals surface area (Å²) in [7, 11) is 0. The molecule has 2 unspecified atom stereocenters. The Kier molecular flexibility index (Phi) is 3.93. The topological polar surface area (TPSA) is 49.4 Å². The maximum absolute atomic E-state index is 12.2. The molecule has 0 radical (unpaired) electrons. The Morgan fingerprint density at radius 3 is 2.33 bits per heavy atom. The quantitative estimate of drug-likeness (QED) is 0.828. The van der Waals surface area contributed by atoms with E-state index in [1.165, 1.54) is 25.7 Å². The van der Waals surface area contributed by atoms with Gasteiger partial charge in [0.05, 0.1) is 6.54 Å². The van der Waals surface area contributed by atoms with Crippen molar-refractivity contribution >= 4 is 11.8 Å². The van der Waals surface area contributed by atoms with E-state index in [0.717, 1.165) is 0 Å². The van der Waals surface area contributed by atoms with E-state index in [0.29, 0.717) is 5.92 Å². The van der Waals surface area contributed by atoms with Crippen molar-refractivity contribution in [3.05, 3.63) is 0 Å². The first kappa shape index (κ1) is 13.4. The fourth-order valence-corrected chi connectivity index (χ4v) is 3.41. The number of rotatable bonds is 3. The van der Waals surface area contributed by atoms with Crippen LogP contribution in [-0.4, -0.2) is 35.3 Å². The van der Waals surface area contributed by atoms with Crippen LogP contribution >= 0.6 is 0 Å². The van der Waals surface area contributed by atoms with E-state index in [1.54, 1.807) is 0 Å². The van der Waals surface area contributed by atoms with Crippen molar-refractivity contribution < 1.29 is 9.59 Å². The fraction of sp³-hybridized carbons (Fsp3) is 0.857. The second-order valence-corrected chi connectivity index (χ2v) is 5.99. The molecule has 0 aromatic carbocycles. The molecule has 1 aliphatic heterocycles. The van der Waals surface area contributed by atoms with Gasteiger partial charge in [-0.2, -0.15) is 0 Å². The molecule has 1 heterocycles. The van der Waals surface area contributed by atoms with Gasteiger partial charge in [-0.05, 0) is 31.6 Å². The number of nitrogens with zero attached hydrogens (tertiary/aromatic N) is 1. The van der Waals surface area contributed by atoms with Gasteiger partial charge in [-0.25, -0.2) is 0 Å². The molecule has 0 spiro atoms. The summed E-state index contributed by atoms with van der Waals surface area (Å²) in [6, 6.07) is -0.0969. The van der Waals surface area contributed by atoms with Crippen LogP contribution in [0.15, 0.2) is 0 Å². The second-order valence-electron chi connectivity index (χ2n) is 5.99. The highest BCUT2D eigenvalue weighted by atomic mass is 16.2. The smallest absolute Gasteiger partial charge is 0.243 e. The number of carbonyl (C=O) groups excluding carboxylic acids is 2. The fourth-order valence-electron chi connectivity index (χ4n) is 3.41. The number of nitrogens with one attached hydrogen (secondary N) is 1. The van der Waals surface area contributed by atoms with Gasteiger partial charge in [0.15, 0.2) is 0 Å². The molecular weight excluding hydrogens is 228 g/mol. The molecule has 2 amide bonds. The van der Waals surface area contributed by atoms with Crippen LogP contribution in [0, 0.1) is 11.8 Å². The van der Waals surface area contributed by atoms with Crippen LogP contribution in [-0.2, 0) is 9.59 Å². The summed E-state index contributed by atoms with van der Waals surface area (Å²) in [5.74, 6) is 0.821. The van der Waals surface area contributed by atoms with Crippen molar-refractivity contribution in [2.24, 2.45) is 11.8 Å². The predicted octanol–water partition coefficient (Wildman–Crippen LogP) is 1.55. The van der Waals surface area contributed by atoms with Gasteiger partial charge in [-0.3, -0.25) is 9.59 Å². The lowest BCUT2D eigenvalue weighted by atomic mass is 9.91. The van der Waals surface area contributed by atoms with E-state index in [2.05, 4.69) is 12.2 Å². The summed E-state index contributed by atoms with van der Waals surface area (Å²) in [6.07, 6.45) is 4.90. The van der Waals surface area contributed by atoms with Gasteiger partial charge >= 0.3 is 0 Å². The minimum atomic E-state index is -0.290. The molecule has 1 saturated heterocycles. The molecule has 2 atom stereocenters. The van der Waals surface area contributed by atoms with Crippen molar-refractivity contribution in [2.45, 2.75) is 58.5 Å². The molecule has 0 bridgehead atoms. The van der Waals surface area contributed by atoms with E-state index in [1.807, 2.05) is 18.7 Å². The Morgan fingerprint density at radius 1 is 1.17 bits per heavy atom. The van der Waals surface area contributed by atoms with Crippen LogP contribution in [0.3, 0.4) is 0 Å². The van der Waals surface area contributed by atoms with E-state index in [9.17, 15) is 9.59 Å². The second kappa shape index (κ2) is 5.29. The van der Waals surface area contributed by atoms with Crippen LogP contribution in [0.2, 0.25) is 0 Å². The lowest BCUT2D eigenvalue weighted by Gasteiger charge is -2.43. The molecule has 1 N–H and O–H groups in total. The standard InChI is InChI=1S/C14H24N2O2/c1-9(2)13-14(18)15-8-12(17)16(13)10(3)11-6-4-5-7-11/h9-11,13H,4-8H2,1-3H3,(H,15,18). The van der Waals surface area contributed by atoms with Crippen molar-refractivity contribution in [1.29, 1.82) is 0 Å². The maximum atomic E-state index is 12.2. The zero-order valence-corrected chi connectivity index (χ0v) is 11.6. The monoisotopic (exact) mass is 252 g/mol. The SMILES string of the molecule is CC(C)C1C(=O)NCC(=O)N1C(C)C1CCCC1. The molecule has 18 heavy (non-hydrogen) atoms. The highest BCUT2D eigenvalue weighted by Gasteiger charge is 2.41. The summed E-state index contributed by atoms with van der Waals surface area (Å²) in [4.78, 5) is 26.0. The molecule has 0 aromatic rings. The lowest BCUT2D eigenvalue weighted by molar-refractivity contribution is -0.151. The first-order chi connectivity index (χ1) is 8.52. The molecule has 2 fully saturated rings. The van der Waals surface area contributed by atoms with Gasteiger partial charge < -0.3 is 10.2 Å². The van der Waals surface area contributed by atoms with Crippen LogP contribution in [0.4, 0.5) is 0 Å². The maximum Gasteiger partial charge on any atom is 0.243 e. The summed E-state index contributed by atoms with van der Waals surface area (Å²) in [5, 5.41) is 2.71. The third kappa shape index (κ3) is 2.38. The van der Waals surface area contributed by atoms with Crippen LogP contribution < -0.4 is 5.32 Å². The Labute approximate surface area is 109 Å². The van der Waals surface area contributed by atoms with Gasteiger partial charge in [0.1, 0.15) is 6.04 Å². The van der Waals surface area contributed by atoms with Crippen LogP contribution in [0.1, 0.15) is 46.5 Å². The number of amides is 2. The molecule has 2 rings (SSSR count). The summed E-state index contributed by atoms with van der Waals surface area (Å²) < 4.78 is 0. The summed E-state index contributed by atoms with van der Waals surface area (Å²) in [6.45, 7) is 6.30. The molecular formula is C14H24N2O2. The van der Waals surface area contributed by atoms with Gasteiger partial charge in [-0.1, -0.05) is 26.7 Å². The zero-order valence-electron chi connectivity index (χ0n) is 11.6. The highest BCUT2D eigenvalue weighted by Crippen LogP contribution is 2.32. The average molecular weight is 252 g/mol. The van der Waals surface area contributed by atoms with Gasteiger partial charge in [-0.15, -0.1) is 0 Å². The van der Waals surface area contributed by atoms with Crippen molar-refractivity contribution in [3.8, 4) is 0 Å². The van der Waals surface area contributed by atoms with Crippen molar-refractivity contribution in [2.75, 3.05) is 6.54 Å². The zero-order chi connectivity index (χ0) is 13.3. The average Bonchev–Trinajstić information content (AvgIpc) is 2.84. The highest BCUT2D eigenvalue weighted by molar-refractivity contribution is 5.95. The summed E-state index contributed by atoms with van der Waals surface area (Å²) >= 11 is 0. The van der Waals surface area contributed by atoms with Crippen LogP contribution in [0.25, 0.3) is 0 Å². The predicted molar refractivity (Wildman–Crippen MR) is 69.9 cm³/mol. The molecule has 102 valence electrons. The number of piperazine rings is 1. The Morgan fingerprint density at radius 2 is 1.78 bits per heavy atom.